The zero-order valence-corrected chi connectivity index (χ0v) is 11.4. The molecule has 5 nitrogen and oxygen atoms in total. The predicted molar refractivity (Wildman–Crippen MR) is 73.6 cm³/mol. The maximum absolute atomic E-state index is 11.9. The highest BCUT2D eigenvalue weighted by molar-refractivity contribution is 7.17. The minimum Gasteiger partial charge on any atom is -0.467 e. The number of fused-ring (bicyclic) bond motifs is 1. The summed E-state index contributed by atoms with van der Waals surface area (Å²) in [7, 11) is 1.40. The molecule has 0 bridgehead atoms. The highest BCUT2D eigenvalue weighted by Gasteiger charge is 2.32. The molecule has 1 aliphatic heterocycles. The van der Waals surface area contributed by atoms with Gasteiger partial charge in [0.05, 0.1) is 20.3 Å². The molecular formula is C13H14N2O3S. The summed E-state index contributed by atoms with van der Waals surface area (Å²) in [6, 6.07) is 3.60. The summed E-state index contributed by atoms with van der Waals surface area (Å²) >= 11 is 1.67. The van der Waals surface area contributed by atoms with E-state index >= 15 is 0 Å². The van der Waals surface area contributed by atoms with Gasteiger partial charge in [-0.3, -0.25) is 0 Å². The van der Waals surface area contributed by atoms with Crippen molar-refractivity contribution >= 4 is 33.2 Å². The molecule has 0 amide bonds. The molecule has 1 aliphatic rings. The molecule has 1 saturated heterocycles. The Morgan fingerprint density at radius 3 is 3.32 bits per heavy atom. The van der Waals surface area contributed by atoms with Crippen LogP contribution >= 0.6 is 11.3 Å². The first kappa shape index (κ1) is 12.4. The minimum atomic E-state index is -0.420. The molecule has 0 N–H and O–H groups in total. The van der Waals surface area contributed by atoms with E-state index in [1.165, 1.54) is 11.8 Å². The van der Waals surface area contributed by atoms with Gasteiger partial charge in [-0.2, -0.15) is 0 Å². The van der Waals surface area contributed by atoms with Crippen molar-refractivity contribution < 1.29 is 14.3 Å². The normalized spacial score (nSPS) is 19.6. The average molecular weight is 278 g/mol. The van der Waals surface area contributed by atoms with Gasteiger partial charge in [0.25, 0.3) is 0 Å². The van der Waals surface area contributed by atoms with Crippen LogP contribution in [-0.4, -0.2) is 43.9 Å². The van der Waals surface area contributed by atoms with Crippen LogP contribution in [0.5, 0.6) is 0 Å². The smallest absolute Gasteiger partial charge is 0.330 e. The van der Waals surface area contributed by atoms with Crippen LogP contribution < -0.4 is 4.90 Å². The number of hydrogen-bond acceptors (Lipinski definition) is 6. The van der Waals surface area contributed by atoms with Crippen LogP contribution in [0.2, 0.25) is 0 Å². The Morgan fingerprint density at radius 1 is 1.58 bits per heavy atom. The second kappa shape index (κ2) is 5.14. The number of aromatic nitrogens is 1. The molecule has 1 fully saturated rings. The molecular weight excluding hydrogens is 264 g/mol. The van der Waals surface area contributed by atoms with Crippen LogP contribution in [0.15, 0.2) is 23.7 Å². The van der Waals surface area contributed by atoms with E-state index in [1.54, 1.807) is 17.5 Å². The van der Waals surface area contributed by atoms with Crippen molar-refractivity contribution in [1.29, 1.82) is 0 Å². The van der Waals surface area contributed by atoms with Gasteiger partial charge in [-0.15, -0.1) is 11.3 Å². The number of methoxy groups -OCH3 is 1. The second-order valence-electron chi connectivity index (χ2n) is 4.27. The van der Waals surface area contributed by atoms with Crippen molar-refractivity contribution in [2.75, 3.05) is 31.8 Å². The van der Waals surface area contributed by atoms with Gasteiger partial charge in [0.15, 0.2) is 6.04 Å². The number of thiophene rings is 1. The van der Waals surface area contributed by atoms with E-state index in [-0.39, 0.29) is 5.97 Å². The first-order chi connectivity index (χ1) is 9.31. The van der Waals surface area contributed by atoms with Crippen LogP contribution in [0.3, 0.4) is 0 Å². The molecule has 2 aromatic heterocycles. The fraction of sp³-hybridized carbons (Fsp3) is 0.385. The molecule has 0 spiro atoms. The molecule has 100 valence electrons. The zero-order chi connectivity index (χ0) is 13.2. The van der Waals surface area contributed by atoms with E-state index in [0.29, 0.717) is 19.8 Å². The summed E-state index contributed by atoms with van der Waals surface area (Å²) in [5.74, 6) is 0.547. The van der Waals surface area contributed by atoms with Gasteiger partial charge < -0.3 is 14.4 Å². The third-order valence-electron chi connectivity index (χ3n) is 3.23. The molecule has 1 atom stereocenters. The molecule has 0 aromatic carbocycles. The number of hydrogen-bond donors (Lipinski definition) is 0. The van der Waals surface area contributed by atoms with Gasteiger partial charge in [-0.05, 0) is 17.5 Å². The number of rotatable bonds is 2. The summed E-state index contributed by atoms with van der Waals surface area (Å²) in [6.07, 6.45) is 1.78. The SMILES string of the molecule is COC(=O)C1COCCN1c1nccc2sccc12. The van der Waals surface area contributed by atoms with Gasteiger partial charge >= 0.3 is 5.97 Å². The fourth-order valence-corrected chi connectivity index (χ4v) is 3.07. The van der Waals surface area contributed by atoms with Crippen molar-refractivity contribution in [3.8, 4) is 0 Å². The van der Waals surface area contributed by atoms with Crippen LogP contribution in [0.25, 0.3) is 10.1 Å². The minimum absolute atomic E-state index is 0.284. The van der Waals surface area contributed by atoms with Crippen LogP contribution in [-0.2, 0) is 14.3 Å². The summed E-state index contributed by atoms with van der Waals surface area (Å²) in [5.41, 5.74) is 0. The first-order valence-corrected chi connectivity index (χ1v) is 6.93. The number of anilines is 1. The first-order valence-electron chi connectivity index (χ1n) is 6.05. The standard InChI is InChI=1S/C13H14N2O3S/c1-17-13(16)10-8-18-6-5-15(10)12-9-3-7-19-11(9)2-4-14-12/h2-4,7,10H,5-6,8H2,1H3. The molecule has 0 saturated carbocycles. The fourth-order valence-electron chi connectivity index (χ4n) is 2.30. The Morgan fingerprint density at radius 2 is 2.47 bits per heavy atom. The van der Waals surface area contributed by atoms with E-state index < -0.39 is 6.04 Å². The maximum Gasteiger partial charge on any atom is 0.330 e. The topological polar surface area (TPSA) is 51.7 Å². The van der Waals surface area contributed by atoms with Gasteiger partial charge in [0.2, 0.25) is 0 Å². The number of morpholine rings is 1. The molecule has 2 aromatic rings. The highest BCUT2D eigenvalue weighted by atomic mass is 32.1. The van der Waals surface area contributed by atoms with Crippen molar-refractivity contribution in [3.05, 3.63) is 23.7 Å². The Balaban J connectivity index is 2.02. The van der Waals surface area contributed by atoms with Gasteiger partial charge in [0.1, 0.15) is 5.82 Å². The lowest BCUT2D eigenvalue weighted by atomic mass is 10.2. The van der Waals surface area contributed by atoms with E-state index in [2.05, 4.69) is 4.98 Å². The average Bonchev–Trinajstić information content (AvgIpc) is 2.94. The summed E-state index contributed by atoms with van der Waals surface area (Å²) < 4.78 is 11.4. The number of nitrogens with zero attached hydrogens (tertiary/aromatic N) is 2. The molecule has 1 unspecified atom stereocenters. The number of pyridine rings is 1. The number of esters is 1. The molecule has 3 heterocycles. The molecule has 3 rings (SSSR count). The molecule has 0 radical (unpaired) electrons. The molecule has 6 heteroatoms. The summed E-state index contributed by atoms with van der Waals surface area (Å²) in [4.78, 5) is 18.3. The number of ether oxygens (including phenoxy) is 2. The van der Waals surface area contributed by atoms with Crippen LogP contribution in [0.4, 0.5) is 5.82 Å². The maximum atomic E-state index is 11.9. The molecule has 19 heavy (non-hydrogen) atoms. The van der Waals surface area contributed by atoms with Gasteiger partial charge in [-0.25, -0.2) is 9.78 Å². The lowest BCUT2D eigenvalue weighted by Gasteiger charge is -2.34. The second-order valence-corrected chi connectivity index (χ2v) is 5.22. The van der Waals surface area contributed by atoms with Crippen molar-refractivity contribution in [1.82, 2.24) is 4.98 Å². The summed E-state index contributed by atoms with van der Waals surface area (Å²) in [6.45, 7) is 1.58. The lowest BCUT2D eigenvalue weighted by molar-refractivity contribution is -0.144. The van der Waals surface area contributed by atoms with Crippen LogP contribution in [0.1, 0.15) is 0 Å². The Kier molecular flexibility index (Phi) is 3.35. The van der Waals surface area contributed by atoms with Gasteiger partial charge in [-0.1, -0.05) is 0 Å². The van der Waals surface area contributed by atoms with Crippen LogP contribution in [0, 0.1) is 0 Å². The van der Waals surface area contributed by atoms with Crippen molar-refractivity contribution in [2.45, 2.75) is 6.04 Å². The van der Waals surface area contributed by atoms with Crippen molar-refractivity contribution in [3.63, 3.8) is 0 Å². The monoisotopic (exact) mass is 278 g/mol. The Hall–Kier alpha value is -1.66. The molecule has 0 aliphatic carbocycles. The summed E-state index contributed by atoms with van der Waals surface area (Å²) in [5, 5.41) is 3.10. The zero-order valence-electron chi connectivity index (χ0n) is 10.5. The van der Waals surface area contributed by atoms with Crippen molar-refractivity contribution in [2.24, 2.45) is 0 Å². The quantitative estimate of drug-likeness (QED) is 0.782. The Labute approximate surface area is 114 Å². The number of carbonyl (C=O) groups excluding carboxylic acids is 1. The van der Waals surface area contributed by atoms with E-state index in [1.807, 2.05) is 22.4 Å². The van der Waals surface area contributed by atoms with Gasteiger partial charge in [0, 0.05) is 22.8 Å². The highest BCUT2D eigenvalue weighted by Crippen LogP contribution is 2.30. The van der Waals surface area contributed by atoms with E-state index in [4.69, 9.17) is 9.47 Å². The predicted octanol–water partition coefficient (Wildman–Crippen LogP) is 1.67. The third-order valence-corrected chi connectivity index (χ3v) is 4.11. The number of carbonyl (C=O) groups is 1. The van der Waals surface area contributed by atoms with E-state index in [0.717, 1.165) is 11.2 Å². The Bertz CT molecular complexity index is 598. The third kappa shape index (κ3) is 2.17. The largest absolute Gasteiger partial charge is 0.467 e. The lowest BCUT2D eigenvalue weighted by Crippen LogP contribution is -2.51. The van der Waals surface area contributed by atoms with E-state index in [9.17, 15) is 4.79 Å².